The Morgan fingerprint density at radius 2 is 1.80 bits per heavy atom. The molecule has 0 aromatic carbocycles. The molecule has 15 heavy (non-hydrogen) atoms. The second-order valence-corrected chi connectivity index (χ2v) is 4.03. The molecule has 1 aromatic heterocycles. The molecule has 0 fully saturated rings. The van der Waals surface area contributed by atoms with Gasteiger partial charge in [0.15, 0.2) is 0 Å². The predicted octanol–water partition coefficient (Wildman–Crippen LogP) is 4.17. The minimum Gasteiger partial charge on any atom is -0.354 e. The Balaban J connectivity index is 0.00000196. The first kappa shape index (κ1) is 14.2. The first-order valence-corrected chi connectivity index (χ1v) is 6.01. The van der Waals surface area contributed by atoms with Crippen molar-refractivity contribution < 1.29 is 4.70 Å². The highest BCUT2D eigenvalue weighted by atomic mass is 19.0. The van der Waals surface area contributed by atoms with Crippen LogP contribution in [0.25, 0.3) is 0 Å². The third kappa shape index (κ3) is 5.60. The van der Waals surface area contributed by atoms with Gasteiger partial charge < -0.3 is 4.57 Å². The van der Waals surface area contributed by atoms with E-state index >= 15 is 0 Å². The van der Waals surface area contributed by atoms with Gasteiger partial charge >= 0.3 is 0 Å². The van der Waals surface area contributed by atoms with E-state index in [0.717, 1.165) is 6.42 Å². The molecule has 0 N–H and O–H groups in total. The molecule has 0 amide bonds. The number of aromatic nitrogens is 1. The van der Waals surface area contributed by atoms with Gasteiger partial charge in [0.25, 0.3) is 0 Å². The molecule has 0 radical (unpaired) electrons. The van der Waals surface area contributed by atoms with E-state index in [4.69, 9.17) is 0 Å². The van der Waals surface area contributed by atoms with Crippen LogP contribution < -0.4 is 0 Å². The molecule has 1 nitrogen and oxygen atoms in total. The highest BCUT2D eigenvalue weighted by Gasteiger charge is 1.94. The molecule has 0 unspecified atom stereocenters. The summed E-state index contributed by atoms with van der Waals surface area (Å²) in [5, 5.41) is 0. The molecule has 0 spiro atoms. The zero-order valence-corrected chi connectivity index (χ0v) is 10.0. The lowest BCUT2D eigenvalue weighted by molar-refractivity contribution is 0.569. The Labute approximate surface area is 92.9 Å². The van der Waals surface area contributed by atoms with E-state index in [1.54, 1.807) is 0 Å². The molecule has 0 bridgehead atoms. The minimum atomic E-state index is 0. The molecule has 0 aliphatic heterocycles. The lowest BCUT2D eigenvalue weighted by atomic mass is 10.1. The van der Waals surface area contributed by atoms with E-state index in [2.05, 4.69) is 36.9 Å². The normalized spacial score (nSPS) is 10.0. The molecule has 0 saturated heterocycles. The van der Waals surface area contributed by atoms with Crippen molar-refractivity contribution in [2.24, 2.45) is 0 Å². The van der Waals surface area contributed by atoms with Gasteiger partial charge in [-0.05, 0) is 24.5 Å². The molecule has 0 aliphatic rings. The molecule has 1 rings (SSSR count). The van der Waals surface area contributed by atoms with Crippen LogP contribution in [-0.2, 0) is 13.0 Å². The van der Waals surface area contributed by atoms with Crippen LogP contribution in [0.4, 0.5) is 4.70 Å². The van der Waals surface area contributed by atoms with Crippen LogP contribution in [0.1, 0.15) is 51.5 Å². The Morgan fingerprint density at radius 3 is 2.40 bits per heavy atom. The molecular formula is C13H24FN. The topological polar surface area (TPSA) is 4.93 Å². The molecule has 2 heteroatoms. The highest BCUT2D eigenvalue weighted by Crippen LogP contribution is 2.06. The van der Waals surface area contributed by atoms with Crippen molar-refractivity contribution in [3.63, 3.8) is 0 Å². The minimum absolute atomic E-state index is 0. The number of halogens is 1. The van der Waals surface area contributed by atoms with Crippen LogP contribution in [-0.4, -0.2) is 4.57 Å². The van der Waals surface area contributed by atoms with Crippen LogP contribution in [0, 0.1) is 0 Å². The van der Waals surface area contributed by atoms with Crippen molar-refractivity contribution in [2.75, 3.05) is 0 Å². The summed E-state index contributed by atoms with van der Waals surface area (Å²) in [5.74, 6) is 0. The Morgan fingerprint density at radius 1 is 1.07 bits per heavy atom. The van der Waals surface area contributed by atoms with Crippen LogP contribution >= 0.6 is 0 Å². The fourth-order valence-corrected chi connectivity index (χ4v) is 1.74. The summed E-state index contributed by atoms with van der Waals surface area (Å²) in [6.45, 7) is 5.67. The summed E-state index contributed by atoms with van der Waals surface area (Å²) < 4.78 is 2.32. The average molecular weight is 213 g/mol. The average Bonchev–Trinajstić information content (AvgIpc) is 2.65. The third-order valence-electron chi connectivity index (χ3n) is 2.74. The van der Waals surface area contributed by atoms with Gasteiger partial charge in [-0.25, -0.2) is 0 Å². The first-order chi connectivity index (χ1) is 6.86. The second kappa shape index (κ2) is 8.51. The Kier molecular flexibility index (Phi) is 8.06. The van der Waals surface area contributed by atoms with E-state index < -0.39 is 0 Å². The van der Waals surface area contributed by atoms with Gasteiger partial charge in [0, 0.05) is 18.9 Å². The van der Waals surface area contributed by atoms with Gasteiger partial charge in [0.1, 0.15) is 0 Å². The van der Waals surface area contributed by atoms with Gasteiger partial charge in [-0.15, -0.1) is 0 Å². The number of aryl methyl sites for hydroxylation is 2. The number of nitrogens with zero attached hydrogens (tertiary/aromatic N) is 1. The van der Waals surface area contributed by atoms with Gasteiger partial charge in [0.05, 0.1) is 0 Å². The van der Waals surface area contributed by atoms with Crippen LogP contribution in [0.2, 0.25) is 0 Å². The van der Waals surface area contributed by atoms with Crippen molar-refractivity contribution in [1.29, 1.82) is 0 Å². The SMILES string of the molecule is CCCCCCCn1ccc(CC)c1.F. The Hall–Kier alpha value is -0.790. The van der Waals surface area contributed by atoms with Gasteiger partial charge in [-0.1, -0.05) is 39.5 Å². The molecule has 0 atom stereocenters. The summed E-state index contributed by atoms with van der Waals surface area (Å²) in [7, 11) is 0. The van der Waals surface area contributed by atoms with Crippen LogP contribution in [0.5, 0.6) is 0 Å². The summed E-state index contributed by atoms with van der Waals surface area (Å²) in [6, 6.07) is 2.23. The fraction of sp³-hybridized carbons (Fsp3) is 0.692. The van der Waals surface area contributed by atoms with E-state index in [-0.39, 0.29) is 4.70 Å². The maximum Gasteiger partial charge on any atom is 0.0219 e. The van der Waals surface area contributed by atoms with Gasteiger partial charge in [0.2, 0.25) is 0 Å². The van der Waals surface area contributed by atoms with E-state index in [1.807, 2.05) is 0 Å². The van der Waals surface area contributed by atoms with Gasteiger partial charge in [-0.2, -0.15) is 0 Å². The molecule has 0 aliphatic carbocycles. The molecule has 1 heterocycles. The highest BCUT2D eigenvalue weighted by molar-refractivity contribution is 5.09. The smallest absolute Gasteiger partial charge is 0.0219 e. The lowest BCUT2D eigenvalue weighted by Gasteiger charge is -2.02. The summed E-state index contributed by atoms with van der Waals surface area (Å²) in [6.07, 6.45) is 12.5. The molecule has 1 aromatic rings. The van der Waals surface area contributed by atoms with E-state index in [9.17, 15) is 0 Å². The largest absolute Gasteiger partial charge is 0.354 e. The third-order valence-corrected chi connectivity index (χ3v) is 2.74. The van der Waals surface area contributed by atoms with Gasteiger partial charge in [-0.3, -0.25) is 4.70 Å². The van der Waals surface area contributed by atoms with Crippen molar-refractivity contribution in [3.8, 4) is 0 Å². The fourth-order valence-electron chi connectivity index (χ4n) is 1.74. The quantitative estimate of drug-likeness (QED) is 0.599. The molecule has 88 valence electrons. The van der Waals surface area contributed by atoms with Crippen LogP contribution in [0.3, 0.4) is 0 Å². The maximum absolute atomic E-state index is 2.32. The van der Waals surface area contributed by atoms with Crippen LogP contribution in [0.15, 0.2) is 18.5 Å². The van der Waals surface area contributed by atoms with Crippen molar-refractivity contribution in [3.05, 3.63) is 24.0 Å². The predicted molar refractivity (Wildman–Crippen MR) is 65.1 cm³/mol. The van der Waals surface area contributed by atoms with Crippen molar-refractivity contribution in [2.45, 2.75) is 58.9 Å². The molecular weight excluding hydrogens is 189 g/mol. The second-order valence-electron chi connectivity index (χ2n) is 4.03. The van der Waals surface area contributed by atoms with E-state index in [1.165, 1.54) is 44.2 Å². The Bertz CT molecular complexity index is 242. The number of rotatable bonds is 7. The summed E-state index contributed by atoms with van der Waals surface area (Å²) >= 11 is 0. The summed E-state index contributed by atoms with van der Waals surface area (Å²) in [5.41, 5.74) is 1.46. The lowest BCUT2D eigenvalue weighted by Crippen LogP contribution is -1.94. The summed E-state index contributed by atoms with van der Waals surface area (Å²) in [4.78, 5) is 0. The maximum atomic E-state index is 2.32. The van der Waals surface area contributed by atoms with Crippen molar-refractivity contribution >= 4 is 0 Å². The number of hydrogen-bond acceptors (Lipinski definition) is 0. The number of unbranched alkanes of at least 4 members (excludes halogenated alkanes) is 4. The monoisotopic (exact) mass is 213 g/mol. The number of hydrogen-bond donors (Lipinski definition) is 0. The van der Waals surface area contributed by atoms with E-state index in [0.29, 0.717) is 0 Å². The first-order valence-electron chi connectivity index (χ1n) is 6.01. The molecule has 0 saturated carbocycles. The zero-order valence-electron chi connectivity index (χ0n) is 10.0. The van der Waals surface area contributed by atoms with Crippen molar-refractivity contribution in [1.82, 2.24) is 4.57 Å². The standard InChI is InChI=1S/C13H23N.FH/c1-3-5-6-7-8-10-14-11-9-13(4-2)12-14;/h9,11-12H,3-8,10H2,1-2H3;1H. The zero-order chi connectivity index (χ0) is 10.2.